The van der Waals surface area contributed by atoms with Gasteiger partial charge in [0, 0.05) is 12.2 Å². The molecular weight excluding hydrogens is 240 g/mol. The van der Waals surface area contributed by atoms with E-state index in [1.807, 2.05) is 17.0 Å². The van der Waals surface area contributed by atoms with Crippen LogP contribution in [0.3, 0.4) is 0 Å². The third kappa shape index (κ3) is 2.87. The summed E-state index contributed by atoms with van der Waals surface area (Å²) in [6.45, 7) is 2.88. The fraction of sp³-hybridized carbons (Fsp3) is 0.467. The van der Waals surface area contributed by atoms with Gasteiger partial charge in [-0.25, -0.2) is 4.79 Å². The van der Waals surface area contributed by atoms with Crippen LogP contribution >= 0.6 is 0 Å². The van der Waals surface area contributed by atoms with Crippen molar-refractivity contribution in [2.24, 2.45) is 5.92 Å². The van der Waals surface area contributed by atoms with Crippen molar-refractivity contribution in [2.45, 2.75) is 32.2 Å². The highest BCUT2D eigenvalue weighted by molar-refractivity contribution is 5.78. The van der Waals surface area contributed by atoms with E-state index in [1.54, 1.807) is 12.1 Å². The molecule has 1 aliphatic rings. The van der Waals surface area contributed by atoms with Crippen LogP contribution in [0.25, 0.3) is 0 Å². The highest BCUT2D eigenvalue weighted by Gasteiger charge is 2.32. The minimum Gasteiger partial charge on any atom is -0.480 e. The van der Waals surface area contributed by atoms with Crippen molar-refractivity contribution in [2.75, 3.05) is 11.4 Å². The van der Waals surface area contributed by atoms with Gasteiger partial charge in [0.2, 0.25) is 0 Å². The third-order valence-corrected chi connectivity index (χ3v) is 3.90. The summed E-state index contributed by atoms with van der Waals surface area (Å²) in [5.41, 5.74) is 1.49. The van der Waals surface area contributed by atoms with E-state index in [9.17, 15) is 9.90 Å². The molecule has 0 saturated carbocycles. The number of carbonyl (C=O) groups is 1. The molecule has 1 saturated heterocycles. The molecule has 2 unspecified atom stereocenters. The molecule has 1 aromatic rings. The zero-order chi connectivity index (χ0) is 13.8. The number of nitriles is 1. The van der Waals surface area contributed by atoms with Crippen LogP contribution in [-0.4, -0.2) is 23.7 Å². The number of piperidine rings is 1. The molecule has 1 aromatic carbocycles. The fourth-order valence-electron chi connectivity index (χ4n) is 2.68. The smallest absolute Gasteiger partial charge is 0.326 e. The van der Waals surface area contributed by atoms with Crippen LogP contribution in [0.15, 0.2) is 24.3 Å². The number of aliphatic carboxylic acids is 1. The van der Waals surface area contributed by atoms with E-state index < -0.39 is 12.0 Å². The Balaban J connectivity index is 2.21. The first-order chi connectivity index (χ1) is 9.15. The first-order valence-corrected chi connectivity index (χ1v) is 6.65. The summed E-state index contributed by atoms with van der Waals surface area (Å²) in [6.07, 6.45) is 2.76. The highest BCUT2D eigenvalue weighted by atomic mass is 16.4. The Hall–Kier alpha value is -2.02. The van der Waals surface area contributed by atoms with Crippen LogP contribution < -0.4 is 4.90 Å². The van der Waals surface area contributed by atoms with Crippen LogP contribution in [0.5, 0.6) is 0 Å². The van der Waals surface area contributed by atoms with Gasteiger partial charge in [0.1, 0.15) is 6.04 Å². The maximum atomic E-state index is 11.4. The predicted molar refractivity (Wildman–Crippen MR) is 72.9 cm³/mol. The molecule has 2 rings (SSSR count). The van der Waals surface area contributed by atoms with Gasteiger partial charge < -0.3 is 10.0 Å². The van der Waals surface area contributed by atoms with Gasteiger partial charge in [-0.1, -0.05) is 13.3 Å². The zero-order valence-corrected chi connectivity index (χ0v) is 11.0. The van der Waals surface area contributed by atoms with E-state index in [-0.39, 0.29) is 0 Å². The molecule has 0 aromatic heterocycles. The first-order valence-electron chi connectivity index (χ1n) is 6.65. The Morgan fingerprint density at radius 2 is 2.16 bits per heavy atom. The lowest BCUT2D eigenvalue weighted by molar-refractivity contribution is -0.139. The molecule has 100 valence electrons. The van der Waals surface area contributed by atoms with Crippen molar-refractivity contribution >= 4 is 11.7 Å². The lowest BCUT2D eigenvalue weighted by atomic mass is 9.88. The fourth-order valence-corrected chi connectivity index (χ4v) is 2.68. The topological polar surface area (TPSA) is 64.3 Å². The molecule has 4 heteroatoms. The summed E-state index contributed by atoms with van der Waals surface area (Å²) in [5, 5.41) is 18.2. The lowest BCUT2D eigenvalue weighted by Crippen LogP contribution is -2.47. The maximum Gasteiger partial charge on any atom is 0.326 e. The van der Waals surface area contributed by atoms with Gasteiger partial charge in [-0.2, -0.15) is 5.26 Å². The summed E-state index contributed by atoms with van der Waals surface area (Å²) < 4.78 is 0. The second-order valence-electron chi connectivity index (χ2n) is 5.00. The molecule has 4 nitrogen and oxygen atoms in total. The number of benzene rings is 1. The average molecular weight is 258 g/mol. The van der Waals surface area contributed by atoms with Crippen molar-refractivity contribution < 1.29 is 9.90 Å². The average Bonchev–Trinajstić information content (AvgIpc) is 2.46. The molecule has 19 heavy (non-hydrogen) atoms. The Kier molecular flexibility index (Phi) is 4.06. The third-order valence-electron chi connectivity index (χ3n) is 3.90. The number of hydrogen-bond donors (Lipinski definition) is 1. The summed E-state index contributed by atoms with van der Waals surface area (Å²) >= 11 is 0. The molecule has 0 aliphatic carbocycles. The summed E-state index contributed by atoms with van der Waals surface area (Å²) in [7, 11) is 0. The number of nitrogens with zero attached hydrogens (tertiary/aromatic N) is 2. The first kappa shape index (κ1) is 13.4. The van der Waals surface area contributed by atoms with E-state index in [4.69, 9.17) is 5.26 Å². The normalized spacial score (nSPS) is 22.8. The Bertz CT molecular complexity index is 490. The Morgan fingerprint density at radius 3 is 2.68 bits per heavy atom. The number of hydrogen-bond acceptors (Lipinski definition) is 3. The maximum absolute atomic E-state index is 11.4. The van der Waals surface area contributed by atoms with Gasteiger partial charge in [0.05, 0.1) is 11.6 Å². The molecule has 2 atom stereocenters. The van der Waals surface area contributed by atoms with Gasteiger partial charge >= 0.3 is 5.97 Å². The van der Waals surface area contributed by atoms with Gasteiger partial charge in [-0.3, -0.25) is 0 Å². The Labute approximate surface area is 113 Å². The lowest BCUT2D eigenvalue weighted by Gasteiger charge is -2.38. The van der Waals surface area contributed by atoms with E-state index in [2.05, 4.69) is 13.0 Å². The van der Waals surface area contributed by atoms with E-state index >= 15 is 0 Å². The highest BCUT2D eigenvalue weighted by Crippen LogP contribution is 2.30. The van der Waals surface area contributed by atoms with Crippen molar-refractivity contribution in [1.82, 2.24) is 0 Å². The number of carboxylic acid groups (broad SMARTS) is 1. The molecule has 1 N–H and O–H groups in total. The molecular formula is C15H18N2O2. The standard InChI is InChI=1S/C15H18N2O2/c1-2-11-7-8-17(14(9-11)15(18)19)13-5-3-12(10-16)4-6-13/h3-6,11,14H,2,7-9H2,1H3,(H,18,19). The molecule has 0 amide bonds. The van der Waals surface area contributed by atoms with E-state index in [1.165, 1.54) is 0 Å². The second kappa shape index (κ2) is 5.75. The summed E-state index contributed by atoms with van der Waals surface area (Å²) in [6, 6.07) is 8.76. The molecule has 0 bridgehead atoms. The van der Waals surface area contributed by atoms with Crippen molar-refractivity contribution in [3.05, 3.63) is 29.8 Å². The molecule has 1 heterocycles. The summed E-state index contributed by atoms with van der Waals surface area (Å²) in [5.74, 6) is -0.266. The van der Waals surface area contributed by atoms with Crippen LogP contribution in [0.2, 0.25) is 0 Å². The molecule has 1 aliphatic heterocycles. The van der Waals surface area contributed by atoms with Gasteiger partial charge in [0.25, 0.3) is 0 Å². The van der Waals surface area contributed by atoms with Crippen molar-refractivity contribution in [1.29, 1.82) is 5.26 Å². The number of rotatable bonds is 3. The van der Waals surface area contributed by atoms with Crippen LogP contribution in [0.1, 0.15) is 31.7 Å². The molecule has 0 spiro atoms. The largest absolute Gasteiger partial charge is 0.480 e. The van der Waals surface area contributed by atoms with Crippen LogP contribution in [0, 0.1) is 17.2 Å². The van der Waals surface area contributed by atoms with Gasteiger partial charge in [-0.05, 0) is 43.0 Å². The van der Waals surface area contributed by atoms with E-state index in [0.717, 1.165) is 25.1 Å². The van der Waals surface area contributed by atoms with E-state index in [0.29, 0.717) is 17.9 Å². The number of anilines is 1. The monoisotopic (exact) mass is 258 g/mol. The Morgan fingerprint density at radius 1 is 1.47 bits per heavy atom. The van der Waals surface area contributed by atoms with Crippen LogP contribution in [-0.2, 0) is 4.79 Å². The SMILES string of the molecule is CCC1CCN(c2ccc(C#N)cc2)C(C(=O)O)C1. The van der Waals surface area contributed by atoms with Crippen molar-refractivity contribution in [3.8, 4) is 6.07 Å². The van der Waals surface area contributed by atoms with Gasteiger partial charge in [-0.15, -0.1) is 0 Å². The molecule has 1 fully saturated rings. The zero-order valence-electron chi connectivity index (χ0n) is 11.0. The minimum atomic E-state index is -0.762. The minimum absolute atomic E-state index is 0.452. The second-order valence-corrected chi connectivity index (χ2v) is 5.00. The van der Waals surface area contributed by atoms with Crippen molar-refractivity contribution in [3.63, 3.8) is 0 Å². The van der Waals surface area contributed by atoms with Gasteiger partial charge in [0.15, 0.2) is 0 Å². The molecule has 0 radical (unpaired) electrons. The summed E-state index contributed by atoms with van der Waals surface area (Å²) in [4.78, 5) is 13.4. The number of carboxylic acids is 1. The quantitative estimate of drug-likeness (QED) is 0.905. The van der Waals surface area contributed by atoms with Crippen LogP contribution in [0.4, 0.5) is 5.69 Å². The predicted octanol–water partition coefficient (Wildman–Crippen LogP) is 2.64.